The minimum absolute atomic E-state index is 0.285. The molecule has 23 heavy (non-hydrogen) atoms. The van der Waals surface area contributed by atoms with Gasteiger partial charge in [0, 0.05) is 25.7 Å². The van der Waals surface area contributed by atoms with Crippen LogP contribution in [0.2, 0.25) is 0 Å². The number of piperidine rings is 1. The first kappa shape index (κ1) is 16.5. The number of amides is 1. The third-order valence-electron chi connectivity index (χ3n) is 5.11. The minimum Gasteiger partial charge on any atom is -0.340 e. The highest BCUT2D eigenvalue weighted by Crippen LogP contribution is 2.20. The quantitative estimate of drug-likeness (QED) is 0.833. The maximum atomic E-state index is 12.6. The van der Waals surface area contributed by atoms with Gasteiger partial charge in [-0.15, -0.1) is 0 Å². The Morgan fingerprint density at radius 2 is 1.87 bits per heavy atom. The van der Waals surface area contributed by atoms with Gasteiger partial charge in [0.05, 0.1) is 6.54 Å². The zero-order valence-electron chi connectivity index (χ0n) is 14.3. The molecule has 126 valence electrons. The van der Waals surface area contributed by atoms with E-state index in [0.717, 1.165) is 26.1 Å². The molecule has 3 rings (SSSR count). The number of hydrogen-bond acceptors (Lipinski definition) is 3. The molecule has 0 unspecified atom stereocenters. The van der Waals surface area contributed by atoms with E-state index in [-0.39, 0.29) is 5.91 Å². The van der Waals surface area contributed by atoms with Crippen molar-refractivity contribution in [3.05, 3.63) is 35.9 Å². The van der Waals surface area contributed by atoms with Crippen LogP contribution >= 0.6 is 0 Å². The Morgan fingerprint density at radius 1 is 1.13 bits per heavy atom. The summed E-state index contributed by atoms with van der Waals surface area (Å²) in [6.45, 7) is 5.65. The number of likely N-dealkylation sites (N-methyl/N-ethyl adjacent to an activating group) is 1. The molecule has 0 aliphatic carbocycles. The lowest BCUT2D eigenvalue weighted by atomic mass is 10.0. The molecule has 0 spiro atoms. The molecular formula is C19H29N3O. The van der Waals surface area contributed by atoms with Crippen molar-refractivity contribution in [1.29, 1.82) is 0 Å². The van der Waals surface area contributed by atoms with Gasteiger partial charge in [-0.25, -0.2) is 0 Å². The maximum absolute atomic E-state index is 12.6. The molecule has 0 radical (unpaired) electrons. The summed E-state index contributed by atoms with van der Waals surface area (Å²) in [5, 5.41) is 0. The lowest BCUT2D eigenvalue weighted by molar-refractivity contribution is -0.134. The largest absolute Gasteiger partial charge is 0.340 e. The third-order valence-corrected chi connectivity index (χ3v) is 5.11. The first-order valence-electron chi connectivity index (χ1n) is 8.96. The van der Waals surface area contributed by atoms with Gasteiger partial charge >= 0.3 is 0 Å². The highest BCUT2D eigenvalue weighted by atomic mass is 16.2. The van der Waals surface area contributed by atoms with Crippen LogP contribution in [0, 0.1) is 0 Å². The van der Waals surface area contributed by atoms with Gasteiger partial charge in [0.2, 0.25) is 5.91 Å². The summed E-state index contributed by atoms with van der Waals surface area (Å²) >= 11 is 0. The molecule has 1 aromatic rings. The second kappa shape index (κ2) is 7.93. The molecule has 1 amide bonds. The predicted molar refractivity (Wildman–Crippen MR) is 93.2 cm³/mol. The number of hydrogen-bond donors (Lipinski definition) is 0. The van der Waals surface area contributed by atoms with E-state index >= 15 is 0 Å². The molecular weight excluding hydrogens is 286 g/mol. The van der Waals surface area contributed by atoms with Crippen LogP contribution in [-0.4, -0.2) is 66.4 Å². The van der Waals surface area contributed by atoms with E-state index in [4.69, 9.17) is 0 Å². The Kier molecular flexibility index (Phi) is 5.68. The molecule has 2 fully saturated rings. The molecule has 1 atom stereocenters. The second-order valence-electron chi connectivity index (χ2n) is 7.04. The predicted octanol–water partition coefficient (Wildman–Crippen LogP) is 2.21. The topological polar surface area (TPSA) is 26.8 Å². The summed E-state index contributed by atoms with van der Waals surface area (Å²) in [4.78, 5) is 19.4. The fraction of sp³-hybridized carbons (Fsp3) is 0.632. The average Bonchev–Trinajstić information content (AvgIpc) is 3.10. The lowest BCUT2D eigenvalue weighted by Gasteiger charge is -2.38. The van der Waals surface area contributed by atoms with Gasteiger partial charge in [0.1, 0.15) is 0 Å². The van der Waals surface area contributed by atoms with Crippen LogP contribution in [0.4, 0.5) is 0 Å². The minimum atomic E-state index is 0.285. The van der Waals surface area contributed by atoms with Crippen LogP contribution in [0.25, 0.3) is 0 Å². The van der Waals surface area contributed by atoms with E-state index in [1.807, 2.05) is 13.1 Å². The van der Waals surface area contributed by atoms with E-state index in [1.165, 1.54) is 37.9 Å². The van der Waals surface area contributed by atoms with E-state index in [1.54, 1.807) is 0 Å². The van der Waals surface area contributed by atoms with Crippen LogP contribution in [-0.2, 0) is 11.3 Å². The highest BCUT2D eigenvalue weighted by Gasteiger charge is 2.29. The normalized spacial score (nSPS) is 22.7. The maximum Gasteiger partial charge on any atom is 0.236 e. The van der Waals surface area contributed by atoms with E-state index < -0.39 is 0 Å². The number of carbonyl (C=O) groups is 1. The molecule has 0 aromatic heterocycles. The van der Waals surface area contributed by atoms with Gasteiger partial charge in [-0.1, -0.05) is 30.3 Å². The zero-order valence-corrected chi connectivity index (χ0v) is 14.3. The summed E-state index contributed by atoms with van der Waals surface area (Å²) < 4.78 is 0. The lowest BCUT2D eigenvalue weighted by Crippen LogP contribution is -2.50. The van der Waals surface area contributed by atoms with Crippen molar-refractivity contribution < 1.29 is 4.79 Å². The second-order valence-corrected chi connectivity index (χ2v) is 7.04. The van der Waals surface area contributed by atoms with Gasteiger partial charge < -0.3 is 4.90 Å². The van der Waals surface area contributed by atoms with Gasteiger partial charge in [-0.2, -0.15) is 0 Å². The van der Waals surface area contributed by atoms with Crippen molar-refractivity contribution in [2.24, 2.45) is 0 Å². The van der Waals surface area contributed by atoms with E-state index in [2.05, 4.69) is 39.0 Å². The number of carbonyl (C=O) groups excluding carboxylic acids is 1. The van der Waals surface area contributed by atoms with Gasteiger partial charge in [-0.3, -0.25) is 14.6 Å². The first-order chi connectivity index (χ1) is 11.2. The first-order valence-corrected chi connectivity index (χ1v) is 8.96. The number of likely N-dealkylation sites (tertiary alicyclic amines) is 2. The fourth-order valence-corrected chi connectivity index (χ4v) is 3.87. The molecule has 0 N–H and O–H groups in total. The van der Waals surface area contributed by atoms with Crippen molar-refractivity contribution in [3.63, 3.8) is 0 Å². The van der Waals surface area contributed by atoms with Crippen molar-refractivity contribution >= 4 is 5.91 Å². The van der Waals surface area contributed by atoms with Crippen molar-refractivity contribution in [3.8, 4) is 0 Å². The molecule has 2 aliphatic heterocycles. The van der Waals surface area contributed by atoms with Gasteiger partial charge in [-0.05, 0) is 51.4 Å². The smallest absolute Gasteiger partial charge is 0.236 e. The van der Waals surface area contributed by atoms with Crippen molar-refractivity contribution in [1.82, 2.24) is 14.7 Å². The molecule has 4 nitrogen and oxygen atoms in total. The van der Waals surface area contributed by atoms with Gasteiger partial charge in [0.25, 0.3) is 0 Å². The Labute approximate surface area is 140 Å². The van der Waals surface area contributed by atoms with Crippen molar-refractivity contribution in [2.75, 3.05) is 39.8 Å². The Balaban J connectivity index is 1.49. The molecule has 2 saturated heterocycles. The Hall–Kier alpha value is -1.39. The summed E-state index contributed by atoms with van der Waals surface area (Å²) in [5.74, 6) is 0.285. The van der Waals surface area contributed by atoms with E-state index in [0.29, 0.717) is 12.6 Å². The molecule has 0 saturated carbocycles. The fourth-order valence-electron chi connectivity index (χ4n) is 3.87. The number of rotatable bonds is 5. The standard InChI is InChI=1S/C19H29N3O/c1-20(14-17-8-3-2-4-9-17)16-19(23)22-13-7-10-18(15-22)21-11-5-6-12-21/h2-4,8-9,18H,5-7,10-16H2,1H3/t18-/m0/s1. The molecule has 4 heteroatoms. The van der Waals surface area contributed by atoms with Gasteiger partial charge in [0.15, 0.2) is 0 Å². The summed E-state index contributed by atoms with van der Waals surface area (Å²) in [6, 6.07) is 11.0. The van der Waals surface area contributed by atoms with Crippen LogP contribution < -0.4 is 0 Å². The van der Waals surface area contributed by atoms with Crippen LogP contribution in [0.3, 0.4) is 0 Å². The van der Waals surface area contributed by atoms with Crippen LogP contribution in [0.5, 0.6) is 0 Å². The number of nitrogens with zero attached hydrogens (tertiary/aromatic N) is 3. The van der Waals surface area contributed by atoms with Crippen molar-refractivity contribution in [2.45, 2.75) is 38.3 Å². The highest BCUT2D eigenvalue weighted by molar-refractivity contribution is 5.78. The molecule has 1 aromatic carbocycles. The van der Waals surface area contributed by atoms with Crippen LogP contribution in [0.15, 0.2) is 30.3 Å². The molecule has 0 bridgehead atoms. The summed E-state index contributed by atoms with van der Waals surface area (Å²) in [5.41, 5.74) is 1.26. The van der Waals surface area contributed by atoms with E-state index in [9.17, 15) is 4.79 Å². The molecule has 2 heterocycles. The summed E-state index contributed by atoms with van der Waals surface area (Å²) in [6.07, 6.45) is 5.05. The average molecular weight is 315 g/mol. The summed E-state index contributed by atoms with van der Waals surface area (Å²) in [7, 11) is 2.03. The molecule has 2 aliphatic rings. The monoisotopic (exact) mass is 315 g/mol. The zero-order chi connectivity index (χ0) is 16.1. The Morgan fingerprint density at radius 3 is 2.61 bits per heavy atom. The SMILES string of the molecule is CN(CC(=O)N1CCC[C@H](N2CCCC2)C1)Cc1ccccc1. The van der Waals surface area contributed by atoms with Crippen LogP contribution in [0.1, 0.15) is 31.2 Å². The number of benzene rings is 1. The Bertz CT molecular complexity index is 499. The third kappa shape index (κ3) is 4.55.